The van der Waals surface area contributed by atoms with E-state index in [2.05, 4.69) is 4.98 Å². The van der Waals surface area contributed by atoms with Crippen molar-refractivity contribution in [3.05, 3.63) is 70.5 Å². The van der Waals surface area contributed by atoms with Gasteiger partial charge in [0.25, 0.3) is 0 Å². The van der Waals surface area contributed by atoms with E-state index in [1.807, 2.05) is 37.3 Å². The van der Waals surface area contributed by atoms with E-state index in [4.69, 9.17) is 17.3 Å². The van der Waals surface area contributed by atoms with Crippen LogP contribution in [-0.4, -0.2) is 4.98 Å². The van der Waals surface area contributed by atoms with E-state index < -0.39 is 5.82 Å². The van der Waals surface area contributed by atoms with Crippen molar-refractivity contribution in [1.29, 1.82) is 5.26 Å². The Morgan fingerprint density at radius 3 is 2.58 bits per heavy atom. The van der Waals surface area contributed by atoms with Crippen LogP contribution in [0.1, 0.15) is 11.1 Å². The molecule has 0 unspecified atom stereocenters. The lowest BCUT2D eigenvalue weighted by atomic mass is 9.97. The molecular formula is C19H13ClFN3. The Bertz CT molecular complexity index is 957. The van der Waals surface area contributed by atoms with Gasteiger partial charge in [0.1, 0.15) is 23.3 Å². The summed E-state index contributed by atoms with van der Waals surface area (Å²) in [4.78, 5) is 4.29. The minimum Gasteiger partial charge on any atom is -0.383 e. The van der Waals surface area contributed by atoms with Crippen molar-refractivity contribution in [1.82, 2.24) is 4.98 Å². The third-order valence-corrected chi connectivity index (χ3v) is 4.02. The molecule has 0 amide bonds. The number of nitrogens with zero attached hydrogens (tertiary/aromatic N) is 2. The van der Waals surface area contributed by atoms with Gasteiger partial charge in [-0.2, -0.15) is 5.26 Å². The van der Waals surface area contributed by atoms with E-state index >= 15 is 0 Å². The minimum atomic E-state index is -0.514. The van der Waals surface area contributed by atoms with E-state index in [1.54, 1.807) is 12.1 Å². The molecule has 0 spiro atoms. The highest BCUT2D eigenvalue weighted by molar-refractivity contribution is 6.33. The molecular weight excluding hydrogens is 325 g/mol. The molecule has 3 aromatic rings. The van der Waals surface area contributed by atoms with Crippen LogP contribution in [0.4, 0.5) is 10.2 Å². The fraction of sp³-hybridized carbons (Fsp3) is 0.0526. The number of rotatable bonds is 2. The summed E-state index contributed by atoms with van der Waals surface area (Å²) in [5.41, 5.74) is 9.00. The van der Waals surface area contributed by atoms with Crippen molar-refractivity contribution in [3.63, 3.8) is 0 Å². The Kier molecular flexibility index (Phi) is 4.20. The van der Waals surface area contributed by atoms with Crippen LogP contribution in [0.5, 0.6) is 0 Å². The van der Waals surface area contributed by atoms with Crippen LogP contribution in [0.15, 0.2) is 48.5 Å². The molecule has 0 bridgehead atoms. The summed E-state index contributed by atoms with van der Waals surface area (Å²) in [7, 11) is 0. The van der Waals surface area contributed by atoms with E-state index in [0.717, 1.165) is 11.1 Å². The maximum Gasteiger partial charge on any atom is 0.142 e. The van der Waals surface area contributed by atoms with Crippen molar-refractivity contribution in [3.8, 4) is 28.5 Å². The minimum absolute atomic E-state index is 0.0471. The maximum absolute atomic E-state index is 14.3. The topological polar surface area (TPSA) is 62.7 Å². The summed E-state index contributed by atoms with van der Waals surface area (Å²) < 4.78 is 14.3. The number of nitrogen functional groups attached to an aromatic ring is 1. The molecule has 0 aliphatic heterocycles. The summed E-state index contributed by atoms with van der Waals surface area (Å²) in [5, 5.41) is 9.63. The first-order chi connectivity index (χ1) is 11.5. The van der Waals surface area contributed by atoms with Gasteiger partial charge in [0.15, 0.2) is 0 Å². The lowest BCUT2D eigenvalue weighted by Gasteiger charge is -2.12. The number of hydrogen-bond donors (Lipinski definition) is 1. The lowest BCUT2D eigenvalue weighted by Crippen LogP contribution is -2.01. The fourth-order valence-corrected chi connectivity index (χ4v) is 2.85. The highest BCUT2D eigenvalue weighted by Crippen LogP contribution is 2.36. The first kappa shape index (κ1) is 16.0. The number of aryl methyl sites for hydroxylation is 1. The molecule has 2 N–H and O–H groups in total. The summed E-state index contributed by atoms with van der Waals surface area (Å²) in [5.74, 6) is -0.467. The molecule has 0 aliphatic carbocycles. The van der Waals surface area contributed by atoms with Crippen molar-refractivity contribution in [2.24, 2.45) is 0 Å². The van der Waals surface area contributed by atoms with Gasteiger partial charge in [-0.25, -0.2) is 9.37 Å². The predicted octanol–water partition coefficient (Wildman–Crippen LogP) is 4.97. The number of nitrogens with two attached hydrogens (primary N) is 1. The molecule has 2 aromatic carbocycles. The summed E-state index contributed by atoms with van der Waals surface area (Å²) in [6.07, 6.45) is 0. The number of halogens is 2. The Morgan fingerprint density at radius 1 is 1.17 bits per heavy atom. The van der Waals surface area contributed by atoms with Gasteiger partial charge in [0.05, 0.1) is 10.7 Å². The van der Waals surface area contributed by atoms with Crippen molar-refractivity contribution in [2.45, 2.75) is 6.92 Å². The molecule has 1 aromatic heterocycles. The molecule has 24 heavy (non-hydrogen) atoms. The lowest BCUT2D eigenvalue weighted by molar-refractivity contribution is 0.631. The average molecular weight is 338 g/mol. The molecule has 3 rings (SSSR count). The zero-order valence-corrected chi connectivity index (χ0v) is 13.6. The van der Waals surface area contributed by atoms with Gasteiger partial charge in [-0.15, -0.1) is 0 Å². The third-order valence-electron chi connectivity index (χ3n) is 3.71. The van der Waals surface area contributed by atoms with Crippen molar-refractivity contribution in [2.75, 3.05) is 5.73 Å². The highest BCUT2D eigenvalue weighted by atomic mass is 35.5. The Labute approximate surface area is 144 Å². The highest BCUT2D eigenvalue weighted by Gasteiger charge is 2.18. The quantitative estimate of drug-likeness (QED) is 0.718. The summed E-state index contributed by atoms with van der Waals surface area (Å²) in [6, 6.07) is 15.7. The molecule has 118 valence electrons. The summed E-state index contributed by atoms with van der Waals surface area (Å²) >= 11 is 6.16. The summed E-state index contributed by atoms with van der Waals surface area (Å²) in [6.45, 7) is 1.96. The van der Waals surface area contributed by atoms with Gasteiger partial charge in [0.2, 0.25) is 0 Å². The van der Waals surface area contributed by atoms with Crippen molar-refractivity contribution < 1.29 is 4.39 Å². The second-order valence-electron chi connectivity index (χ2n) is 5.39. The van der Waals surface area contributed by atoms with E-state index in [1.165, 1.54) is 12.1 Å². The first-order valence-corrected chi connectivity index (χ1v) is 7.61. The molecule has 0 saturated carbocycles. The second-order valence-corrected chi connectivity index (χ2v) is 5.80. The zero-order chi connectivity index (χ0) is 17.3. The SMILES string of the molecule is Cc1cccc(-c2cc(-c3c(F)cccc3Cl)c(C#N)c(N)n2)c1. The predicted molar refractivity (Wildman–Crippen MR) is 93.9 cm³/mol. The molecule has 3 nitrogen and oxygen atoms in total. The fourth-order valence-electron chi connectivity index (χ4n) is 2.59. The number of hydrogen-bond acceptors (Lipinski definition) is 3. The normalized spacial score (nSPS) is 10.4. The van der Waals surface area contributed by atoms with Crippen LogP contribution in [0, 0.1) is 24.1 Å². The second kappa shape index (κ2) is 6.31. The van der Waals surface area contributed by atoms with Gasteiger partial charge in [-0.3, -0.25) is 0 Å². The molecule has 0 aliphatic rings. The van der Waals surface area contributed by atoms with Gasteiger partial charge in [-0.1, -0.05) is 41.4 Å². The van der Waals surface area contributed by atoms with Crippen LogP contribution in [-0.2, 0) is 0 Å². The monoisotopic (exact) mass is 337 g/mol. The number of nitriles is 1. The Hall–Kier alpha value is -2.90. The number of benzene rings is 2. The maximum atomic E-state index is 14.3. The van der Waals surface area contributed by atoms with Crippen LogP contribution in [0.2, 0.25) is 5.02 Å². The third kappa shape index (κ3) is 2.82. The van der Waals surface area contributed by atoms with E-state index in [0.29, 0.717) is 11.3 Å². The zero-order valence-electron chi connectivity index (χ0n) is 12.8. The van der Waals surface area contributed by atoms with E-state index in [-0.39, 0.29) is 22.0 Å². The van der Waals surface area contributed by atoms with Gasteiger partial charge in [-0.05, 0) is 31.2 Å². The smallest absolute Gasteiger partial charge is 0.142 e. The molecule has 0 atom stereocenters. The van der Waals surface area contributed by atoms with Crippen LogP contribution in [0.25, 0.3) is 22.4 Å². The molecule has 1 heterocycles. The van der Waals surface area contributed by atoms with Gasteiger partial charge >= 0.3 is 0 Å². The van der Waals surface area contributed by atoms with Crippen molar-refractivity contribution >= 4 is 17.4 Å². The van der Waals surface area contributed by atoms with Crippen LogP contribution < -0.4 is 5.73 Å². The van der Waals surface area contributed by atoms with Crippen LogP contribution >= 0.6 is 11.6 Å². The number of aromatic nitrogens is 1. The van der Waals surface area contributed by atoms with Gasteiger partial charge in [0, 0.05) is 16.7 Å². The molecule has 5 heteroatoms. The van der Waals surface area contributed by atoms with E-state index in [9.17, 15) is 9.65 Å². The largest absolute Gasteiger partial charge is 0.383 e. The molecule has 0 saturated heterocycles. The Balaban J connectivity index is 2.32. The van der Waals surface area contributed by atoms with Crippen LogP contribution in [0.3, 0.4) is 0 Å². The first-order valence-electron chi connectivity index (χ1n) is 7.23. The average Bonchev–Trinajstić information content (AvgIpc) is 2.54. The number of anilines is 1. The van der Waals surface area contributed by atoms with Gasteiger partial charge < -0.3 is 5.73 Å². The number of pyridine rings is 1. The Morgan fingerprint density at radius 2 is 1.92 bits per heavy atom. The molecule has 0 fully saturated rings. The molecule has 0 radical (unpaired) electrons. The standard InChI is InChI=1S/C19H13ClFN3/c1-11-4-2-5-12(8-11)17-9-13(14(10-22)19(23)24-17)18-15(20)6-3-7-16(18)21/h2-9H,1H3,(H2,23,24).